The number of aryl methyl sites for hydroxylation is 2. The van der Waals surface area contributed by atoms with E-state index >= 15 is 0 Å². The fraction of sp³-hybridized carbons (Fsp3) is 0.579. The van der Waals surface area contributed by atoms with Gasteiger partial charge in [0.1, 0.15) is 10.7 Å². The number of rotatable bonds is 7. The van der Waals surface area contributed by atoms with Crippen LogP contribution in [0.15, 0.2) is 33.9 Å². The Labute approximate surface area is 165 Å². The van der Waals surface area contributed by atoms with Crippen LogP contribution in [0, 0.1) is 12.8 Å². The average Bonchev–Trinajstić information content (AvgIpc) is 3.31. The lowest BCUT2D eigenvalue weighted by Crippen LogP contribution is -2.47. The highest BCUT2D eigenvalue weighted by atomic mass is 32.2. The van der Waals surface area contributed by atoms with Gasteiger partial charge < -0.3 is 9.73 Å². The molecule has 0 saturated carbocycles. The summed E-state index contributed by atoms with van der Waals surface area (Å²) in [5.41, 5.74) is 0.595. The first-order chi connectivity index (χ1) is 13.3. The molecule has 0 aromatic carbocycles. The number of aromatic nitrogens is 2. The molecule has 1 amide bonds. The Morgan fingerprint density at radius 3 is 2.89 bits per heavy atom. The fourth-order valence-corrected chi connectivity index (χ4v) is 5.20. The normalized spacial score (nSPS) is 19.5. The van der Waals surface area contributed by atoms with Gasteiger partial charge in [-0.3, -0.25) is 9.48 Å². The largest absolute Gasteiger partial charge is 0.469 e. The van der Waals surface area contributed by atoms with E-state index in [1.807, 2.05) is 19.1 Å². The second-order valence-electron chi connectivity index (χ2n) is 7.45. The van der Waals surface area contributed by atoms with Crippen LogP contribution in [-0.2, 0) is 28.3 Å². The van der Waals surface area contributed by atoms with E-state index in [4.69, 9.17) is 4.42 Å². The smallest absolute Gasteiger partial charge is 0.246 e. The molecular weight excluding hydrogens is 380 g/mol. The highest BCUT2D eigenvalue weighted by Crippen LogP contribution is 2.25. The van der Waals surface area contributed by atoms with Crippen LogP contribution in [0.5, 0.6) is 0 Å². The average molecular weight is 409 g/mol. The minimum absolute atomic E-state index is 0.00912. The van der Waals surface area contributed by atoms with Crippen molar-refractivity contribution in [3.8, 4) is 0 Å². The molecule has 1 N–H and O–H groups in total. The zero-order chi connectivity index (χ0) is 20.3. The predicted octanol–water partition coefficient (Wildman–Crippen LogP) is 1.86. The third kappa shape index (κ3) is 4.47. The molecule has 0 bridgehead atoms. The number of amides is 1. The van der Waals surface area contributed by atoms with Gasteiger partial charge in [-0.15, -0.1) is 0 Å². The van der Waals surface area contributed by atoms with Crippen molar-refractivity contribution < 1.29 is 17.6 Å². The summed E-state index contributed by atoms with van der Waals surface area (Å²) >= 11 is 0. The van der Waals surface area contributed by atoms with Crippen molar-refractivity contribution in [1.82, 2.24) is 19.4 Å². The third-order valence-corrected chi connectivity index (χ3v) is 7.32. The molecule has 1 saturated heterocycles. The van der Waals surface area contributed by atoms with Gasteiger partial charge in [0, 0.05) is 32.6 Å². The van der Waals surface area contributed by atoms with Gasteiger partial charge in [0.05, 0.1) is 24.1 Å². The molecule has 0 unspecified atom stereocenters. The first-order valence-corrected chi connectivity index (χ1v) is 11.0. The van der Waals surface area contributed by atoms with E-state index < -0.39 is 10.0 Å². The van der Waals surface area contributed by atoms with Crippen LogP contribution in [0.25, 0.3) is 0 Å². The Balaban J connectivity index is 1.59. The monoisotopic (exact) mass is 408 g/mol. The lowest BCUT2D eigenvalue weighted by Gasteiger charge is -2.31. The van der Waals surface area contributed by atoms with Crippen molar-refractivity contribution in [2.45, 2.75) is 50.5 Å². The van der Waals surface area contributed by atoms with E-state index in [2.05, 4.69) is 10.4 Å². The number of carbonyl (C=O) groups is 1. The molecule has 9 heteroatoms. The molecule has 3 heterocycles. The summed E-state index contributed by atoms with van der Waals surface area (Å²) in [5, 5.41) is 7.06. The molecular formula is C19H28N4O4S. The van der Waals surface area contributed by atoms with Crippen molar-refractivity contribution in [2.75, 3.05) is 13.1 Å². The van der Waals surface area contributed by atoms with Crippen LogP contribution in [0.4, 0.5) is 0 Å². The number of hydrogen-bond acceptors (Lipinski definition) is 5. The molecule has 0 aliphatic carbocycles. The summed E-state index contributed by atoms with van der Waals surface area (Å²) in [6.07, 6.45) is 5.89. The van der Waals surface area contributed by atoms with Gasteiger partial charge in [-0.1, -0.05) is 0 Å². The first-order valence-electron chi connectivity index (χ1n) is 9.60. The minimum atomic E-state index is -3.65. The lowest BCUT2D eigenvalue weighted by atomic mass is 9.98. The lowest BCUT2D eigenvalue weighted by molar-refractivity contribution is -0.126. The summed E-state index contributed by atoms with van der Waals surface area (Å²) in [5.74, 6) is 0.462. The van der Waals surface area contributed by atoms with Crippen LogP contribution in [0.3, 0.4) is 0 Å². The highest BCUT2D eigenvalue weighted by molar-refractivity contribution is 7.89. The Kier molecular flexibility index (Phi) is 6.24. The summed E-state index contributed by atoms with van der Waals surface area (Å²) in [6.45, 7) is 4.31. The topological polar surface area (TPSA) is 97.4 Å². The molecule has 2 aromatic heterocycles. The zero-order valence-electron chi connectivity index (χ0n) is 16.6. The van der Waals surface area contributed by atoms with E-state index in [0.29, 0.717) is 25.1 Å². The number of furan rings is 1. The van der Waals surface area contributed by atoms with Crippen LogP contribution in [0.1, 0.15) is 37.6 Å². The maximum absolute atomic E-state index is 13.0. The summed E-state index contributed by atoms with van der Waals surface area (Å²) in [7, 11) is -1.94. The number of sulfonamides is 1. The Hall–Kier alpha value is -2.13. The molecule has 8 nitrogen and oxygen atoms in total. The van der Waals surface area contributed by atoms with Gasteiger partial charge in [-0.25, -0.2) is 8.42 Å². The standard InChI is InChI=1S/C19H28N4O4S/c1-14(8-9-17-7-5-11-27-17)21-19(24)16-6-4-10-23(13-16)28(25,26)18-12-20-22(3)15(18)2/h5,7,11-12,14,16H,4,6,8-10,13H2,1-3H3,(H,21,24)/t14-,16+/m1/s1. The minimum Gasteiger partial charge on any atom is -0.469 e. The Morgan fingerprint density at radius 2 is 2.25 bits per heavy atom. The maximum atomic E-state index is 13.0. The number of piperidine rings is 1. The predicted molar refractivity (Wildman–Crippen MR) is 104 cm³/mol. The van der Waals surface area contributed by atoms with E-state index in [1.165, 1.54) is 10.5 Å². The van der Waals surface area contributed by atoms with Crippen molar-refractivity contribution in [1.29, 1.82) is 0 Å². The van der Waals surface area contributed by atoms with E-state index in [1.54, 1.807) is 24.9 Å². The molecule has 154 valence electrons. The van der Waals surface area contributed by atoms with Gasteiger partial charge in [-0.05, 0) is 45.2 Å². The number of hydrogen-bond donors (Lipinski definition) is 1. The highest BCUT2D eigenvalue weighted by Gasteiger charge is 2.35. The Morgan fingerprint density at radius 1 is 1.46 bits per heavy atom. The molecule has 2 atom stereocenters. The van der Waals surface area contributed by atoms with Gasteiger partial charge in [0.2, 0.25) is 15.9 Å². The number of nitrogens with zero attached hydrogens (tertiary/aromatic N) is 3. The van der Waals surface area contributed by atoms with Crippen LogP contribution in [-0.4, -0.2) is 47.5 Å². The molecule has 28 heavy (non-hydrogen) atoms. The van der Waals surface area contributed by atoms with Crippen LogP contribution >= 0.6 is 0 Å². The zero-order valence-corrected chi connectivity index (χ0v) is 17.4. The molecule has 0 spiro atoms. The quantitative estimate of drug-likeness (QED) is 0.754. The summed E-state index contributed by atoms with van der Waals surface area (Å²) < 4.78 is 34.2. The van der Waals surface area contributed by atoms with E-state index in [-0.39, 0.29) is 29.3 Å². The van der Waals surface area contributed by atoms with Crippen molar-refractivity contribution >= 4 is 15.9 Å². The molecule has 1 aliphatic rings. The maximum Gasteiger partial charge on any atom is 0.246 e. The first kappa shape index (κ1) is 20.6. The van der Waals surface area contributed by atoms with Crippen LogP contribution < -0.4 is 5.32 Å². The van der Waals surface area contributed by atoms with Gasteiger partial charge >= 0.3 is 0 Å². The molecule has 3 rings (SSSR count). The van der Waals surface area contributed by atoms with Crippen molar-refractivity contribution in [3.63, 3.8) is 0 Å². The SMILES string of the molecule is Cc1c(S(=O)(=O)N2CCC[C@H](C(=O)N[C@H](C)CCc3ccco3)C2)cnn1C. The number of carbonyl (C=O) groups excluding carboxylic acids is 1. The van der Waals surface area contributed by atoms with Gasteiger partial charge in [0.25, 0.3) is 0 Å². The molecule has 1 fully saturated rings. The van der Waals surface area contributed by atoms with E-state index in [9.17, 15) is 13.2 Å². The summed E-state index contributed by atoms with van der Waals surface area (Å²) in [4.78, 5) is 12.9. The van der Waals surface area contributed by atoms with Gasteiger partial charge in [0.15, 0.2) is 0 Å². The van der Waals surface area contributed by atoms with Crippen molar-refractivity contribution in [2.24, 2.45) is 13.0 Å². The second-order valence-corrected chi connectivity index (χ2v) is 9.35. The van der Waals surface area contributed by atoms with Gasteiger partial charge in [-0.2, -0.15) is 9.40 Å². The molecule has 0 radical (unpaired) electrons. The number of nitrogens with one attached hydrogen (secondary N) is 1. The second kappa shape index (κ2) is 8.48. The van der Waals surface area contributed by atoms with Crippen LogP contribution in [0.2, 0.25) is 0 Å². The van der Waals surface area contributed by atoms with E-state index in [0.717, 1.165) is 18.6 Å². The Bertz CT molecular complexity index is 905. The van der Waals surface area contributed by atoms with Crippen molar-refractivity contribution in [3.05, 3.63) is 36.0 Å². The fourth-order valence-electron chi connectivity index (χ4n) is 3.49. The molecule has 2 aromatic rings. The third-order valence-electron chi connectivity index (χ3n) is 5.36. The molecule has 1 aliphatic heterocycles. The summed E-state index contributed by atoms with van der Waals surface area (Å²) in [6, 6.07) is 3.75.